The summed E-state index contributed by atoms with van der Waals surface area (Å²) >= 11 is 0. The van der Waals surface area contributed by atoms with Crippen LogP contribution in [0.2, 0.25) is 0 Å². The third kappa shape index (κ3) is 5.52. The van der Waals surface area contributed by atoms with Crippen LogP contribution in [0.15, 0.2) is 0 Å². The molecule has 0 aliphatic carbocycles. The normalized spacial score (nSPS) is 52.5. The zero-order valence-electron chi connectivity index (χ0n) is 17.7. The summed E-state index contributed by atoms with van der Waals surface area (Å²) in [6.07, 6.45) is -24.9. The van der Waals surface area contributed by atoms with Crippen LogP contribution in [0.1, 0.15) is 0 Å². The van der Waals surface area contributed by atoms with Gasteiger partial charge in [0.15, 0.2) is 18.9 Å². The van der Waals surface area contributed by atoms with E-state index in [2.05, 4.69) is 0 Å². The molecule has 200 valence electrons. The molecule has 0 saturated carbocycles. The van der Waals surface area contributed by atoms with Gasteiger partial charge in [-0.3, -0.25) is 0 Å². The van der Waals surface area contributed by atoms with Crippen LogP contribution in [-0.4, -0.2) is 168 Å². The van der Waals surface area contributed by atoms with Gasteiger partial charge in [0.05, 0.1) is 19.8 Å². The molecule has 34 heavy (non-hydrogen) atoms. The highest BCUT2D eigenvalue weighted by molar-refractivity contribution is 4.94. The average Bonchev–Trinajstić information content (AvgIpc) is 2.82. The first kappa shape index (κ1) is 27.9. The zero-order chi connectivity index (χ0) is 25.3. The second-order valence-electron chi connectivity index (χ2n) is 8.37. The van der Waals surface area contributed by atoms with E-state index in [1.165, 1.54) is 0 Å². The Kier molecular flexibility index (Phi) is 9.54. The molecule has 16 nitrogen and oxygen atoms in total. The zero-order valence-corrected chi connectivity index (χ0v) is 17.7. The van der Waals surface area contributed by atoms with E-state index in [1.54, 1.807) is 0 Å². The molecule has 0 spiro atoms. The van der Waals surface area contributed by atoms with Crippen LogP contribution in [-0.2, 0) is 23.7 Å². The fourth-order valence-corrected chi connectivity index (χ4v) is 3.94. The van der Waals surface area contributed by atoms with Gasteiger partial charge in [-0.25, -0.2) is 0 Å². The van der Waals surface area contributed by atoms with Crippen molar-refractivity contribution in [1.29, 1.82) is 0 Å². The molecule has 0 unspecified atom stereocenters. The number of aliphatic hydroxyl groups is 11. The molecule has 0 amide bonds. The third-order valence-electron chi connectivity index (χ3n) is 6.07. The maximum absolute atomic E-state index is 10.6. The van der Waals surface area contributed by atoms with Crippen molar-refractivity contribution >= 4 is 0 Å². The Morgan fingerprint density at radius 1 is 0.500 bits per heavy atom. The predicted molar refractivity (Wildman–Crippen MR) is 101 cm³/mol. The molecular formula is C18H32O16. The second kappa shape index (κ2) is 11.6. The molecule has 0 bridgehead atoms. The summed E-state index contributed by atoms with van der Waals surface area (Å²) in [5.74, 6) is 0. The van der Waals surface area contributed by atoms with Crippen molar-refractivity contribution in [3.63, 3.8) is 0 Å². The SMILES string of the molecule is OC[C@H]1O[C@H](OC[C@H]2O[C@@H](O)[C@@H](O)[C@@H](O[C@H]3O[C@H](CO)[C@@H](O)[C@H](O)[C@@H]3O)[C@@H]2O)[C@@H](O)[C@@H](O)[C@@H]1O. The summed E-state index contributed by atoms with van der Waals surface area (Å²) in [5, 5.41) is 109. The summed E-state index contributed by atoms with van der Waals surface area (Å²) in [5.41, 5.74) is 0. The fourth-order valence-electron chi connectivity index (χ4n) is 3.94. The number of hydrogen-bond donors (Lipinski definition) is 11. The van der Waals surface area contributed by atoms with E-state index in [9.17, 15) is 56.2 Å². The molecular weight excluding hydrogens is 472 g/mol. The van der Waals surface area contributed by atoms with Gasteiger partial charge >= 0.3 is 0 Å². The summed E-state index contributed by atoms with van der Waals surface area (Å²) in [6, 6.07) is 0. The number of ether oxygens (including phenoxy) is 5. The smallest absolute Gasteiger partial charge is 0.187 e. The monoisotopic (exact) mass is 504 g/mol. The molecule has 3 heterocycles. The highest BCUT2D eigenvalue weighted by Gasteiger charge is 2.51. The molecule has 11 N–H and O–H groups in total. The number of aliphatic hydroxyl groups excluding tert-OH is 11. The molecule has 15 atom stereocenters. The largest absolute Gasteiger partial charge is 0.394 e. The van der Waals surface area contributed by atoms with Gasteiger partial charge in [-0.2, -0.15) is 0 Å². The van der Waals surface area contributed by atoms with E-state index in [1.807, 2.05) is 0 Å². The van der Waals surface area contributed by atoms with Gasteiger partial charge in [-0.1, -0.05) is 0 Å². The van der Waals surface area contributed by atoms with E-state index >= 15 is 0 Å². The van der Waals surface area contributed by atoms with Crippen LogP contribution in [0.25, 0.3) is 0 Å². The van der Waals surface area contributed by atoms with Gasteiger partial charge in [-0.05, 0) is 0 Å². The Morgan fingerprint density at radius 3 is 1.53 bits per heavy atom. The molecule has 3 aliphatic heterocycles. The number of rotatable bonds is 7. The van der Waals surface area contributed by atoms with Gasteiger partial charge in [0.1, 0.15) is 73.2 Å². The molecule has 3 rings (SSSR count). The summed E-state index contributed by atoms with van der Waals surface area (Å²) < 4.78 is 26.1. The lowest BCUT2D eigenvalue weighted by molar-refractivity contribution is -0.361. The minimum atomic E-state index is -1.93. The van der Waals surface area contributed by atoms with E-state index in [4.69, 9.17) is 23.7 Å². The number of hydrogen-bond acceptors (Lipinski definition) is 16. The molecule has 3 saturated heterocycles. The highest BCUT2D eigenvalue weighted by Crippen LogP contribution is 2.29. The Labute approximate surface area is 192 Å². The van der Waals surface area contributed by atoms with Crippen LogP contribution >= 0.6 is 0 Å². The van der Waals surface area contributed by atoms with E-state index < -0.39 is 112 Å². The third-order valence-corrected chi connectivity index (χ3v) is 6.07. The topological polar surface area (TPSA) is 269 Å². The van der Waals surface area contributed by atoms with Crippen molar-refractivity contribution in [2.45, 2.75) is 92.1 Å². The molecule has 0 aromatic rings. The second-order valence-corrected chi connectivity index (χ2v) is 8.37. The van der Waals surface area contributed by atoms with Crippen molar-refractivity contribution in [3.05, 3.63) is 0 Å². The first-order chi connectivity index (χ1) is 16.0. The Bertz CT molecular complexity index is 637. The summed E-state index contributed by atoms with van der Waals surface area (Å²) in [7, 11) is 0. The van der Waals surface area contributed by atoms with Gasteiger partial charge in [0, 0.05) is 0 Å². The lowest BCUT2D eigenvalue weighted by atomic mass is 9.97. The van der Waals surface area contributed by atoms with Gasteiger partial charge in [0.2, 0.25) is 0 Å². The van der Waals surface area contributed by atoms with Crippen LogP contribution < -0.4 is 0 Å². The molecule has 3 aliphatic rings. The van der Waals surface area contributed by atoms with Crippen molar-refractivity contribution in [1.82, 2.24) is 0 Å². The first-order valence-electron chi connectivity index (χ1n) is 10.6. The Morgan fingerprint density at radius 2 is 1.00 bits per heavy atom. The lowest BCUT2D eigenvalue weighted by Gasteiger charge is -2.45. The molecule has 3 fully saturated rings. The van der Waals surface area contributed by atoms with Crippen molar-refractivity contribution < 1.29 is 79.9 Å². The van der Waals surface area contributed by atoms with Crippen LogP contribution in [0.3, 0.4) is 0 Å². The van der Waals surface area contributed by atoms with Gasteiger partial charge < -0.3 is 79.9 Å². The standard InChI is InChI=1S/C18H32O16/c19-1-4-7(21)10(24)12(26)17(32-4)30-3-6-9(23)15(14(28)16(29)31-6)34-18-13(27)11(25)8(22)5(2-20)33-18/h4-29H,1-3H2/t4-,5-,6-,7-,8-,9-,10+,11+,12+,13+,14+,15+,16-,17+,18-/m1/s1. The maximum Gasteiger partial charge on any atom is 0.187 e. The maximum atomic E-state index is 10.6. The minimum absolute atomic E-state index is 0.609. The van der Waals surface area contributed by atoms with E-state index in [-0.39, 0.29) is 0 Å². The highest BCUT2D eigenvalue weighted by atomic mass is 16.7. The minimum Gasteiger partial charge on any atom is -0.394 e. The van der Waals surface area contributed by atoms with E-state index in [0.29, 0.717) is 0 Å². The molecule has 0 aromatic carbocycles. The van der Waals surface area contributed by atoms with Crippen LogP contribution in [0, 0.1) is 0 Å². The molecule has 0 aromatic heterocycles. The first-order valence-corrected chi connectivity index (χ1v) is 10.6. The van der Waals surface area contributed by atoms with Gasteiger partial charge in [0.25, 0.3) is 0 Å². The van der Waals surface area contributed by atoms with Crippen LogP contribution in [0.5, 0.6) is 0 Å². The van der Waals surface area contributed by atoms with Crippen molar-refractivity contribution in [3.8, 4) is 0 Å². The van der Waals surface area contributed by atoms with E-state index in [0.717, 1.165) is 0 Å². The fraction of sp³-hybridized carbons (Fsp3) is 1.00. The summed E-state index contributed by atoms with van der Waals surface area (Å²) in [6.45, 7) is -2.06. The van der Waals surface area contributed by atoms with Crippen molar-refractivity contribution in [2.75, 3.05) is 19.8 Å². The lowest BCUT2D eigenvalue weighted by Crippen LogP contribution is -2.65. The molecule has 16 heteroatoms. The molecule has 0 radical (unpaired) electrons. The van der Waals surface area contributed by atoms with Crippen molar-refractivity contribution in [2.24, 2.45) is 0 Å². The Balaban J connectivity index is 1.65. The van der Waals surface area contributed by atoms with Crippen LogP contribution in [0.4, 0.5) is 0 Å². The predicted octanol–water partition coefficient (Wildman–Crippen LogP) is -7.57. The summed E-state index contributed by atoms with van der Waals surface area (Å²) in [4.78, 5) is 0. The Hall–Kier alpha value is -0.640. The quantitative estimate of drug-likeness (QED) is 0.154. The van der Waals surface area contributed by atoms with Gasteiger partial charge in [-0.15, -0.1) is 0 Å². The average molecular weight is 504 g/mol.